The van der Waals surface area contributed by atoms with Crippen LogP contribution in [0.5, 0.6) is 5.88 Å². The molecule has 1 aliphatic rings. The van der Waals surface area contributed by atoms with Crippen molar-refractivity contribution in [2.75, 3.05) is 13.2 Å². The van der Waals surface area contributed by atoms with E-state index in [9.17, 15) is 4.79 Å². The second-order valence-corrected chi connectivity index (χ2v) is 4.49. The summed E-state index contributed by atoms with van der Waals surface area (Å²) in [4.78, 5) is 15.5. The van der Waals surface area contributed by atoms with Gasteiger partial charge in [0.25, 0.3) is 5.91 Å². The van der Waals surface area contributed by atoms with E-state index in [0.29, 0.717) is 12.4 Å². The molecule has 2 heterocycles. The van der Waals surface area contributed by atoms with Gasteiger partial charge >= 0.3 is 0 Å². The van der Waals surface area contributed by atoms with Crippen LogP contribution in [0.3, 0.4) is 0 Å². The molecule has 1 aliphatic heterocycles. The Morgan fingerprint density at radius 1 is 1.55 bits per heavy atom. The Hall–Kier alpha value is -2.06. The predicted molar refractivity (Wildman–Crippen MR) is 74.0 cm³/mol. The normalized spacial score (nSPS) is 15.1. The molecular formula is C15H18N2O3. The first-order valence-corrected chi connectivity index (χ1v) is 6.68. The molecule has 20 heavy (non-hydrogen) atoms. The average molecular weight is 274 g/mol. The molecule has 0 aliphatic carbocycles. The van der Waals surface area contributed by atoms with Gasteiger partial charge in [-0.2, -0.15) is 0 Å². The minimum atomic E-state index is -0.281. The average Bonchev–Trinajstić information content (AvgIpc) is 2.47. The van der Waals surface area contributed by atoms with E-state index in [1.54, 1.807) is 13.1 Å². The maximum Gasteiger partial charge on any atom is 0.296 e. The summed E-state index contributed by atoms with van der Waals surface area (Å²) in [6.07, 6.45) is 3.61. The molecule has 0 saturated carbocycles. The maximum absolute atomic E-state index is 11.3. The molecule has 1 fully saturated rings. The van der Waals surface area contributed by atoms with Crippen molar-refractivity contribution in [3.8, 4) is 17.7 Å². The van der Waals surface area contributed by atoms with Crippen molar-refractivity contribution >= 4 is 5.91 Å². The van der Waals surface area contributed by atoms with Gasteiger partial charge in [0.15, 0.2) is 0 Å². The van der Waals surface area contributed by atoms with E-state index in [1.165, 1.54) is 0 Å². The largest absolute Gasteiger partial charge is 0.474 e. The molecular weight excluding hydrogens is 256 g/mol. The molecule has 0 bridgehead atoms. The molecule has 5 heteroatoms. The Labute approximate surface area is 118 Å². The quantitative estimate of drug-likeness (QED) is 0.840. The lowest BCUT2D eigenvalue weighted by Crippen LogP contribution is -2.26. The van der Waals surface area contributed by atoms with Crippen molar-refractivity contribution in [2.24, 2.45) is 0 Å². The molecule has 0 unspecified atom stereocenters. The molecule has 5 nitrogen and oxygen atoms in total. The van der Waals surface area contributed by atoms with Gasteiger partial charge in [0.2, 0.25) is 5.88 Å². The first-order chi connectivity index (χ1) is 9.78. The minimum Gasteiger partial charge on any atom is -0.474 e. The van der Waals surface area contributed by atoms with Crippen molar-refractivity contribution in [2.45, 2.75) is 32.4 Å². The van der Waals surface area contributed by atoms with Gasteiger partial charge in [-0.3, -0.25) is 4.79 Å². The molecule has 1 aromatic heterocycles. The molecule has 0 atom stereocenters. The third kappa shape index (κ3) is 4.56. The zero-order chi connectivity index (χ0) is 14.2. The van der Waals surface area contributed by atoms with E-state index in [4.69, 9.17) is 9.47 Å². The highest BCUT2D eigenvalue weighted by Crippen LogP contribution is 2.16. The van der Waals surface area contributed by atoms with E-state index in [0.717, 1.165) is 31.6 Å². The van der Waals surface area contributed by atoms with E-state index in [-0.39, 0.29) is 12.0 Å². The topological polar surface area (TPSA) is 60.5 Å². The van der Waals surface area contributed by atoms with Gasteiger partial charge in [-0.25, -0.2) is 4.98 Å². The molecule has 0 aromatic carbocycles. The number of carbonyl (C=O) groups is 1. The van der Waals surface area contributed by atoms with Crippen LogP contribution in [0.4, 0.5) is 0 Å². The number of hydrogen-bond donors (Lipinski definition) is 1. The number of nitrogens with one attached hydrogen (secondary N) is 1. The minimum absolute atomic E-state index is 0.159. The standard InChI is InChI=1S/C15H18N2O3/c1-2-3-14(18)17-11-12-4-7-16-15(10-12)20-13-5-8-19-9-6-13/h4,7,10,13H,5-6,8-9,11H2,1H3,(H,17,18). The Kier molecular flexibility index (Phi) is 5.39. The fourth-order valence-electron chi connectivity index (χ4n) is 1.93. The number of nitrogens with zero attached hydrogens (tertiary/aromatic N) is 1. The van der Waals surface area contributed by atoms with E-state index < -0.39 is 0 Å². The van der Waals surface area contributed by atoms with Crippen molar-refractivity contribution in [3.63, 3.8) is 0 Å². The van der Waals surface area contributed by atoms with E-state index >= 15 is 0 Å². The van der Waals surface area contributed by atoms with Crippen LogP contribution in [0.15, 0.2) is 18.3 Å². The summed E-state index contributed by atoms with van der Waals surface area (Å²) in [6.45, 7) is 3.51. The first kappa shape index (κ1) is 14.4. The summed E-state index contributed by atoms with van der Waals surface area (Å²) in [6, 6.07) is 3.69. The Balaban J connectivity index is 1.89. The van der Waals surface area contributed by atoms with Crippen LogP contribution < -0.4 is 10.1 Å². The van der Waals surface area contributed by atoms with Crippen molar-refractivity contribution in [1.82, 2.24) is 10.3 Å². The van der Waals surface area contributed by atoms with Crippen LogP contribution in [0, 0.1) is 11.8 Å². The molecule has 2 rings (SSSR count). The van der Waals surface area contributed by atoms with Crippen molar-refractivity contribution < 1.29 is 14.3 Å². The lowest BCUT2D eigenvalue weighted by Gasteiger charge is -2.22. The molecule has 1 aromatic rings. The number of amides is 1. The number of pyridine rings is 1. The predicted octanol–water partition coefficient (Wildman–Crippen LogP) is 1.28. The summed E-state index contributed by atoms with van der Waals surface area (Å²) in [5, 5.41) is 2.71. The lowest BCUT2D eigenvalue weighted by atomic mass is 10.1. The van der Waals surface area contributed by atoms with Crippen molar-refractivity contribution in [1.29, 1.82) is 0 Å². The van der Waals surface area contributed by atoms with Gasteiger partial charge in [-0.15, -0.1) is 0 Å². The number of aromatic nitrogens is 1. The van der Waals surface area contributed by atoms with Crippen molar-refractivity contribution in [3.05, 3.63) is 23.9 Å². The Morgan fingerprint density at radius 2 is 2.35 bits per heavy atom. The maximum atomic E-state index is 11.3. The SMILES string of the molecule is CC#CC(=O)NCc1ccnc(OC2CCOCC2)c1. The molecule has 0 radical (unpaired) electrons. The second kappa shape index (κ2) is 7.51. The number of hydrogen-bond acceptors (Lipinski definition) is 4. The van der Waals surface area contributed by atoms with Crippen LogP contribution >= 0.6 is 0 Å². The molecule has 1 amide bonds. The molecule has 1 saturated heterocycles. The van der Waals surface area contributed by atoms with Crippen LogP contribution in [-0.2, 0) is 16.1 Å². The number of ether oxygens (including phenoxy) is 2. The van der Waals surface area contributed by atoms with E-state index in [1.807, 2.05) is 12.1 Å². The third-order valence-electron chi connectivity index (χ3n) is 2.95. The van der Waals surface area contributed by atoms with Crippen LogP contribution in [-0.4, -0.2) is 30.2 Å². The summed E-state index contributed by atoms with van der Waals surface area (Å²) in [5.41, 5.74) is 0.938. The van der Waals surface area contributed by atoms with Gasteiger partial charge in [0.1, 0.15) is 6.10 Å². The summed E-state index contributed by atoms with van der Waals surface area (Å²) < 4.78 is 11.1. The van der Waals surface area contributed by atoms with E-state index in [2.05, 4.69) is 22.1 Å². The van der Waals surface area contributed by atoms with Gasteiger partial charge in [-0.05, 0) is 24.5 Å². The highest BCUT2D eigenvalue weighted by Gasteiger charge is 2.15. The zero-order valence-corrected chi connectivity index (χ0v) is 11.5. The fourth-order valence-corrected chi connectivity index (χ4v) is 1.93. The molecule has 106 valence electrons. The highest BCUT2D eigenvalue weighted by molar-refractivity contribution is 5.93. The fraction of sp³-hybridized carbons (Fsp3) is 0.467. The molecule has 0 spiro atoms. The summed E-state index contributed by atoms with van der Waals surface area (Å²) in [7, 11) is 0. The van der Waals surface area contributed by atoms with Crippen LogP contribution in [0.2, 0.25) is 0 Å². The lowest BCUT2D eigenvalue weighted by molar-refractivity contribution is -0.115. The molecule has 1 N–H and O–H groups in total. The monoisotopic (exact) mass is 274 g/mol. The summed E-state index contributed by atoms with van der Waals surface area (Å²) in [5.74, 6) is 5.30. The smallest absolute Gasteiger partial charge is 0.296 e. The van der Waals surface area contributed by atoms with Gasteiger partial charge in [0, 0.05) is 31.6 Å². The Morgan fingerprint density at radius 3 is 3.10 bits per heavy atom. The number of rotatable bonds is 4. The van der Waals surface area contributed by atoms with Gasteiger partial charge < -0.3 is 14.8 Å². The summed E-state index contributed by atoms with van der Waals surface area (Å²) >= 11 is 0. The number of carbonyl (C=O) groups excluding carboxylic acids is 1. The van der Waals surface area contributed by atoms with Gasteiger partial charge in [-0.1, -0.05) is 5.92 Å². The van der Waals surface area contributed by atoms with Gasteiger partial charge in [0.05, 0.1) is 13.2 Å². The first-order valence-electron chi connectivity index (χ1n) is 6.68. The highest BCUT2D eigenvalue weighted by atomic mass is 16.5. The zero-order valence-electron chi connectivity index (χ0n) is 11.5. The van der Waals surface area contributed by atoms with Crippen LogP contribution in [0.25, 0.3) is 0 Å². The second-order valence-electron chi connectivity index (χ2n) is 4.49. The third-order valence-corrected chi connectivity index (χ3v) is 2.95. The van der Waals surface area contributed by atoms with Crippen LogP contribution in [0.1, 0.15) is 25.3 Å². The Bertz CT molecular complexity index is 513.